The summed E-state index contributed by atoms with van der Waals surface area (Å²) in [4.78, 5) is 2.68. The van der Waals surface area contributed by atoms with Crippen molar-refractivity contribution in [2.45, 2.75) is 71.5 Å². The first kappa shape index (κ1) is 15.0. The first-order chi connectivity index (χ1) is 10.0. The minimum atomic E-state index is 0.365. The van der Waals surface area contributed by atoms with E-state index in [1.165, 1.54) is 37.8 Å². The molecule has 1 aromatic heterocycles. The summed E-state index contributed by atoms with van der Waals surface area (Å²) in [5.41, 5.74) is 2.70. The molecule has 4 heteroatoms. The smallest absolute Gasteiger partial charge is 0.138 e. The molecule has 1 saturated heterocycles. The molecule has 1 saturated carbocycles. The molecule has 1 unspecified atom stereocenters. The molecule has 1 aliphatic carbocycles. The average Bonchev–Trinajstić information content (AvgIpc) is 3.01. The van der Waals surface area contributed by atoms with Crippen molar-refractivity contribution in [2.75, 3.05) is 13.1 Å². The van der Waals surface area contributed by atoms with Crippen molar-refractivity contribution in [1.29, 1.82) is 0 Å². The molecule has 21 heavy (non-hydrogen) atoms. The summed E-state index contributed by atoms with van der Waals surface area (Å²) in [5, 5.41) is 8.01. The second-order valence-electron chi connectivity index (χ2n) is 7.39. The number of rotatable bonds is 3. The van der Waals surface area contributed by atoms with E-state index in [4.69, 9.17) is 4.52 Å². The molecule has 0 amide bonds. The fraction of sp³-hybridized carbons (Fsp3) is 0.824. The first-order valence-electron chi connectivity index (χ1n) is 8.42. The lowest BCUT2D eigenvalue weighted by atomic mass is 9.88. The van der Waals surface area contributed by atoms with Crippen LogP contribution in [0.15, 0.2) is 4.52 Å². The minimum absolute atomic E-state index is 0.365. The van der Waals surface area contributed by atoms with Crippen LogP contribution in [0.1, 0.15) is 56.5 Å². The Kier molecular flexibility index (Phi) is 4.10. The molecule has 0 radical (unpaired) electrons. The topological polar surface area (TPSA) is 41.3 Å². The van der Waals surface area contributed by atoms with Crippen LogP contribution in [0.3, 0.4) is 0 Å². The second-order valence-corrected chi connectivity index (χ2v) is 7.39. The predicted octanol–water partition coefficient (Wildman–Crippen LogP) is 3.03. The zero-order chi connectivity index (χ0) is 15.0. The van der Waals surface area contributed by atoms with Gasteiger partial charge in [-0.1, -0.05) is 31.8 Å². The number of nitrogens with one attached hydrogen (secondary N) is 1. The van der Waals surface area contributed by atoms with Crippen LogP contribution in [-0.2, 0) is 6.54 Å². The van der Waals surface area contributed by atoms with E-state index in [-0.39, 0.29) is 0 Å². The number of aryl methyl sites for hydroxylation is 2. The molecule has 118 valence electrons. The van der Waals surface area contributed by atoms with Crippen molar-refractivity contribution in [2.24, 2.45) is 5.92 Å². The Hall–Kier alpha value is -0.870. The zero-order valence-corrected chi connectivity index (χ0v) is 13.9. The molecular weight excluding hydrogens is 262 g/mol. The van der Waals surface area contributed by atoms with Crippen LogP contribution < -0.4 is 5.32 Å². The number of nitrogens with zero attached hydrogens (tertiary/aromatic N) is 2. The lowest BCUT2D eigenvalue weighted by Crippen LogP contribution is -2.64. The highest BCUT2D eigenvalue weighted by molar-refractivity contribution is 5.21. The number of aromatic nitrogens is 1. The van der Waals surface area contributed by atoms with Crippen LogP contribution in [0.25, 0.3) is 0 Å². The molecule has 0 aromatic carbocycles. The molecule has 2 heterocycles. The Bertz CT molecular complexity index is 469. The molecular formula is C17H29N3O. The Morgan fingerprint density at radius 2 is 2.05 bits per heavy atom. The Morgan fingerprint density at radius 1 is 1.33 bits per heavy atom. The van der Waals surface area contributed by atoms with E-state index in [1.807, 2.05) is 6.92 Å². The van der Waals surface area contributed by atoms with Gasteiger partial charge in [-0.15, -0.1) is 0 Å². The van der Waals surface area contributed by atoms with Crippen LogP contribution in [0.5, 0.6) is 0 Å². The number of hydrogen-bond donors (Lipinski definition) is 1. The number of hydrogen-bond acceptors (Lipinski definition) is 4. The molecule has 0 bridgehead atoms. The fourth-order valence-electron chi connectivity index (χ4n) is 4.16. The van der Waals surface area contributed by atoms with Gasteiger partial charge in [-0.25, -0.2) is 0 Å². The van der Waals surface area contributed by atoms with E-state index in [9.17, 15) is 0 Å². The van der Waals surface area contributed by atoms with Crippen molar-refractivity contribution in [3.05, 3.63) is 17.0 Å². The van der Waals surface area contributed by atoms with E-state index in [0.29, 0.717) is 17.5 Å². The van der Waals surface area contributed by atoms with Crippen LogP contribution in [0, 0.1) is 19.8 Å². The molecule has 3 rings (SSSR count). The summed E-state index contributed by atoms with van der Waals surface area (Å²) in [6.07, 6.45) is 5.41. The third-order valence-electron chi connectivity index (χ3n) is 5.53. The SMILES string of the molecule is Cc1noc(C)c1CN1CC2(CCCC2)NCC1C(C)C. The van der Waals surface area contributed by atoms with E-state index < -0.39 is 0 Å². The van der Waals surface area contributed by atoms with Gasteiger partial charge in [0.15, 0.2) is 0 Å². The van der Waals surface area contributed by atoms with Gasteiger partial charge in [0.25, 0.3) is 0 Å². The van der Waals surface area contributed by atoms with Crippen molar-refractivity contribution in [3.63, 3.8) is 0 Å². The number of piperazine rings is 1. The van der Waals surface area contributed by atoms with E-state index in [2.05, 4.69) is 36.1 Å². The van der Waals surface area contributed by atoms with Gasteiger partial charge in [-0.3, -0.25) is 4.90 Å². The van der Waals surface area contributed by atoms with Gasteiger partial charge in [0.2, 0.25) is 0 Å². The lowest BCUT2D eigenvalue weighted by molar-refractivity contribution is 0.0502. The molecule has 1 aliphatic heterocycles. The molecule has 2 fully saturated rings. The Balaban J connectivity index is 1.80. The van der Waals surface area contributed by atoms with Crippen LogP contribution in [0.4, 0.5) is 0 Å². The molecule has 1 atom stereocenters. The molecule has 1 spiro atoms. The van der Waals surface area contributed by atoms with E-state index >= 15 is 0 Å². The van der Waals surface area contributed by atoms with Crippen molar-refractivity contribution in [3.8, 4) is 0 Å². The van der Waals surface area contributed by atoms with E-state index in [0.717, 1.165) is 24.5 Å². The minimum Gasteiger partial charge on any atom is -0.361 e. The second kappa shape index (κ2) is 5.73. The van der Waals surface area contributed by atoms with Crippen molar-refractivity contribution >= 4 is 0 Å². The normalized spacial score (nSPS) is 26.0. The average molecular weight is 291 g/mol. The Labute approximate surface area is 128 Å². The van der Waals surface area contributed by atoms with Crippen LogP contribution in [-0.4, -0.2) is 34.7 Å². The third kappa shape index (κ3) is 2.88. The predicted molar refractivity (Wildman–Crippen MR) is 84.2 cm³/mol. The van der Waals surface area contributed by atoms with Gasteiger partial charge >= 0.3 is 0 Å². The summed E-state index contributed by atoms with van der Waals surface area (Å²) in [6, 6.07) is 0.602. The van der Waals surface area contributed by atoms with Gasteiger partial charge in [0.1, 0.15) is 5.76 Å². The summed E-state index contributed by atoms with van der Waals surface area (Å²) < 4.78 is 5.36. The molecule has 1 aromatic rings. The van der Waals surface area contributed by atoms with Crippen LogP contribution >= 0.6 is 0 Å². The first-order valence-corrected chi connectivity index (χ1v) is 8.42. The maximum Gasteiger partial charge on any atom is 0.138 e. The highest BCUT2D eigenvalue weighted by Crippen LogP contribution is 2.35. The quantitative estimate of drug-likeness (QED) is 0.929. The Morgan fingerprint density at radius 3 is 2.62 bits per heavy atom. The highest BCUT2D eigenvalue weighted by Gasteiger charge is 2.42. The molecule has 4 nitrogen and oxygen atoms in total. The van der Waals surface area contributed by atoms with Gasteiger partial charge in [-0.05, 0) is 32.6 Å². The maximum absolute atomic E-state index is 5.36. The van der Waals surface area contributed by atoms with Crippen molar-refractivity contribution < 1.29 is 4.52 Å². The van der Waals surface area contributed by atoms with Gasteiger partial charge in [0.05, 0.1) is 5.69 Å². The molecule has 2 aliphatic rings. The summed E-state index contributed by atoms with van der Waals surface area (Å²) in [5.74, 6) is 1.64. The van der Waals surface area contributed by atoms with Gasteiger partial charge < -0.3 is 9.84 Å². The summed E-state index contributed by atoms with van der Waals surface area (Å²) in [6.45, 7) is 12.0. The lowest BCUT2D eigenvalue weighted by Gasteiger charge is -2.48. The van der Waals surface area contributed by atoms with Crippen LogP contribution in [0.2, 0.25) is 0 Å². The van der Waals surface area contributed by atoms with Gasteiger partial charge in [0, 0.05) is 36.8 Å². The summed E-state index contributed by atoms with van der Waals surface area (Å²) >= 11 is 0. The van der Waals surface area contributed by atoms with Gasteiger partial charge in [-0.2, -0.15) is 0 Å². The standard InChI is InChI=1S/C17H29N3O/c1-12(2)16-9-18-17(7-5-6-8-17)11-20(16)10-15-13(3)19-21-14(15)4/h12,16,18H,5-11H2,1-4H3. The zero-order valence-electron chi connectivity index (χ0n) is 13.9. The fourth-order valence-corrected chi connectivity index (χ4v) is 4.16. The largest absolute Gasteiger partial charge is 0.361 e. The van der Waals surface area contributed by atoms with E-state index in [1.54, 1.807) is 0 Å². The summed E-state index contributed by atoms with van der Waals surface area (Å²) in [7, 11) is 0. The monoisotopic (exact) mass is 291 g/mol. The third-order valence-corrected chi connectivity index (χ3v) is 5.53. The maximum atomic E-state index is 5.36. The highest BCUT2D eigenvalue weighted by atomic mass is 16.5. The molecule has 1 N–H and O–H groups in total. The van der Waals surface area contributed by atoms with Crippen molar-refractivity contribution in [1.82, 2.24) is 15.4 Å².